The normalized spacial score (nSPS) is 20.8. The quantitative estimate of drug-likeness (QED) is 0.899. The lowest BCUT2D eigenvalue weighted by molar-refractivity contribution is -0.121. The lowest BCUT2D eigenvalue weighted by Gasteiger charge is -2.30. The predicted octanol–water partition coefficient (Wildman–Crippen LogP) is 2.52. The summed E-state index contributed by atoms with van der Waals surface area (Å²) in [4.78, 5) is 12.3. The Balaban J connectivity index is 0.00000192. The van der Waals surface area contributed by atoms with Gasteiger partial charge in [-0.15, -0.1) is 12.4 Å². The molecule has 5 nitrogen and oxygen atoms in total. The molecular weight excluding hydrogens is 316 g/mol. The zero-order valence-electron chi connectivity index (χ0n) is 13.4. The number of fused-ring (bicyclic) bond motifs is 1. The van der Waals surface area contributed by atoms with Gasteiger partial charge in [0, 0.05) is 29.6 Å². The molecule has 3 rings (SSSR count). The van der Waals surface area contributed by atoms with Crippen molar-refractivity contribution in [3.63, 3.8) is 0 Å². The number of piperidine rings is 1. The van der Waals surface area contributed by atoms with Crippen molar-refractivity contribution >= 4 is 29.3 Å². The summed E-state index contributed by atoms with van der Waals surface area (Å²) in [5, 5.41) is 7.41. The van der Waals surface area contributed by atoms with Crippen molar-refractivity contribution < 1.29 is 13.9 Å². The van der Waals surface area contributed by atoms with Crippen molar-refractivity contribution in [3.8, 4) is 5.75 Å². The van der Waals surface area contributed by atoms with Crippen LogP contribution in [0.3, 0.4) is 0 Å². The number of hydrogen-bond acceptors (Lipinski definition) is 4. The monoisotopic (exact) mass is 338 g/mol. The molecule has 1 fully saturated rings. The molecule has 2 unspecified atom stereocenters. The molecule has 1 aromatic carbocycles. The summed E-state index contributed by atoms with van der Waals surface area (Å²) >= 11 is 0. The number of benzene rings is 1. The van der Waals surface area contributed by atoms with Crippen LogP contribution in [0.15, 0.2) is 28.9 Å². The van der Waals surface area contributed by atoms with Gasteiger partial charge in [-0.05, 0) is 31.0 Å². The maximum Gasteiger partial charge on any atom is 0.224 e. The predicted molar refractivity (Wildman–Crippen MR) is 92.3 cm³/mol. The Morgan fingerprint density at radius 1 is 1.48 bits per heavy atom. The molecule has 1 amide bonds. The average molecular weight is 339 g/mol. The summed E-state index contributed by atoms with van der Waals surface area (Å²) in [6.07, 6.45) is 3.09. The standard InChI is InChI=1S/C17H22N2O3.ClH/c1-11-5-6-18-9-15(11)19-17(20)7-12-10-22-16-8-13(21-2)3-4-14(12)16;/h3-4,8,10-11,15,18H,5-7,9H2,1-2H3,(H,19,20);1H. The number of methoxy groups -OCH3 is 1. The van der Waals surface area contributed by atoms with Crippen LogP contribution in [0.4, 0.5) is 0 Å². The molecule has 2 N–H and O–H groups in total. The fraction of sp³-hybridized carbons (Fsp3) is 0.471. The summed E-state index contributed by atoms with van der Waals surface area (Å²) in [6, 6.07) is 5.86. The minimum absolute atomic E-state index is 0. The first kappa shape index (κ1) is 17.6. The van der Waals surface area contributed by atoms with Gasteiger partial charge in [0.05, 0.1) is 19.8 Å². The van der Waals surface area contributed by atoms with E-state index in [2.05, 4.69) is 17.6 Å². The molecule has 23 heavy (non-hydrogen) atoms. The molecule has 2 aromatic rings. The van der Waals surface area contributed by atoms with Gasteiger partial charge in [-0.1, -0.05) is 6.92 Å². The van der Waals surface area contributed by atoms with E-state index in [-0.39, 0.29) is 24.4 Å². The first-order chi connectivity index (χ1) is 10.7. The second-order valence-electron chi connectivity index (χ2n) is 5.94. The van der Waals surface area contributed by atoms with E-state index in [4.69, 9.17) is 9.15 Å². The lowest BCUT2D eigenvalue weighted by Crippen LogP contribution is -2.50. The Bertz CT molecular complexity index is 671. The zero-order chi connectivity index (χ0) is 15.5. The molecule has 2 heterocycles. The van der Waals surface area contributed by atoms with Crippen LogP contribution in [0.1, 0.15) is 18.9 Å². The Morgan fingerprint density at radius 3 is 3.04 bits per heavy atom. The number of nitrogens with one attached hydrogen (secondary N) is 2. The summed E-state index contributed by atoms with van der Waals surface area (Å²) in [5.41, 5.74) is 1.65. The smallest absolute Gasteiger partial charge is 0.224 e. The minimum Gasteiger partial charge on any atom is -0.497 e. The SMILES string of the molecule is COc1ccc2c(CC(=O)NC3CNCCC3C)coc2c1.Cl. The highest BCUT2D eigenvalue weighted by Crippen LogP contribution is 2.26. The van der Waals surface area contributed by atoms with E-state index in [0.717, 1.165) is 41.8 Å². The summed E-state index contributed by atoms with van der Waals surface area (Å²) in [6.45, 7) is 4.06. The summed E-state index contributed by atoms with van der Waals surface area (Å²) in [5.74, 6) is 1.30. The number of carbonyl (C=O) groups is 1. The third-order valence-electron chi connectivity index (χ3n) is 4.39. The molecule has 0 spiro atoms. The molecule has 6 heteroatoms. The first-order valence-corrected chi connectivity index (χ1v) is 7.71. The summed E-state index contributed by atoms with van der Waals surface area (Å²) in [7, 11) is 1.62. The van der Waals surface area contributed by atoms with E-state index in [9.17, 15) is 4.79 Å². The highest BCUT2D eigenvalue weighted by atomic mass is 35.5. The molecule has 0 aliphatic carbocycles. The number of rotatable bonds is 4. The van der Waals surface area contributed by atoms with Crippen LogP contribution >= 0.6 is 12.4 Å². The van der Waals surface area contributed by atoms with Crippen molar-refractivity contribution in [3.05, 3.63) is 30.0 Å². The maximum absolute atomic E-state index is 12.3. The molecule has 1 aliphatic heterocycles. The highest BCUT2D eigenvalue weighted by molar-refractivity contribution is 5.88. The van der Waals surface area contributed by atoms with Crippen LogP contribution in [0.5, 0.6) is 5.75 Å². The molecular formula is C17H23ClN2O3. The van der Waals surface area contributed by atoms with Gasteiger partial charge in [0.2, 0.25) is 5.91 Å². The second kappa shape index (κ2) is 7.70. The maximum atomic E-state index is 12.3. The van der Waals surface area contributed by atoms with Crippen LogP contribution in [-0.4, -0.2) is 32.1 Å². The highest BCUT2D eigenvalue weighted by Gasteiger charge is 2.23. The van der Waals surface area contributed by atoms with Crippen LogP contribution in [0.25, 0.3) is 11.0 Å². The van der Waals surface area contributed by atoms with Crippen molar-refractivity contribution in [1.82, 2.24) is 10.6 Å². The molecule has 1 aromatic heterocycles. The first-order valence-electron chi connectivity index (χ1n) is 7.71. The van der Waals surface area contributed by atoms with E-state index in [0.29, 0.717) is 12.3 Å². The Hall–Kier alpha value is -1.72. The van der Waals surface area contributed by atoms with E-state index >= 15 is 0 Å². The van der Waals surface area contributed by atoms with Crippen molar-refractivity contribution in [2.24, 2.45) is 5.92 Å². The molecule has 0 bridgehead atoms. The van der Waals surface area contributed by atoms with Crippen LogP contribution in [-0.2, 0) is 11.2 Å². The van der Waals surface area contributed by atoms with E-state index < -0.39 is 0 Å². The van der Waals surface area contributed by atoms with Gasteiger partial charge in [-0.25, -0.2) is 0 Å². The Morgan fingerprint density at radius 2 is 2.30 bits per heavy atom. The second-order valence-corrected chi connectivity index (χ2v) is 5.94. The van der Waals surface area contributed by atoms with Crippen molar-refractivity contribution in [1.29, 1.82) is 0 Å². The van der Waals surface area contributed by atoms with E-state index in [1.807, 2.05) is 18.2 Å². The molecule has 0 saturated carbocycles. The Labute approximate surface area is 142 Å². The van der Waals surface area contributed by atoms with E-state index in [1.165, 1.54) is 0 Å². The number of ether oxygens (including phenoxy) is 1. The molecule has 126 valence electrons. The van der Waals surface area contributed by atoms with Gasteiger partial charge in [-0.3, -0.25) is 4.79 Å². The average Bonchev–Trinajstić information content (AvgIpc) is 2.91. The third-order valence-corrected chi connectivity index (χ3v) is 4.39. The van der Waals surface area contributed by atoms with Crippen LogP contribution in [0, 0.1) is 5.92 Å². The number of carbonyl (C=O) groups excluding carboxylic acids is 1. The molecule has 0 radical (unpaired) electrons. The summed E-state index contributed by atoms with van der Waals surface area (Å²) < 4.78 is 10.7. The fourth-order valence-electron chi connectivity index (χ4n) is 2.94. The van der Waals surface area contributed by atoms with Crippen molar-refractivity contribution in [2.45, 2.75) is 25.8 Å². The number of furan rings is 1. The number of amides is 1. The lowest BCUT2D eigenvalue weighted by atomic mass is 9.94. The van der Waals surface area contributed by atoms with Gasteiger partial charge in [0.1, 0.15) is 11.3 Å². The number of hydrogen-bond donors (Lipinski definition) is 2. The van der Waals surface area contributed by atoms with Gasteiger partial charge >= 0.3 is 0 Å². The largest absolute Gasteiger partial charge is 0.497 e. The Kier molecular flexibility index (Phi) is 5.91. The van der Waals surface area contributed by atoms with Crippen molar-refractivity contribution in [2.75, 3.05) is 20.2 Å². The van der Waals surface area contributed by atoms with Crippen LogP contribution < -0.4 is 15.4 Å². The third kappa shape index (κ3) is 3.98. The van der Waals surface area contributed by atoms with Gasteiger partial charge < -0.3 is 19.8 Å². The topological polar surface area (TPSA) is 63.5 Å². The molecule has 1 aliphatic rings. The zero-order valence-corrected chi connectivity index (χ0v) is 14.2. The van der Waals surface area contributed by atoms with Crippen LogP contribution in [0.2, 0.25) is 0 Å². The number of halogens is 1. The molecule has 1 saturated heterocycles. The fourth-order valence-corrected chi connectivity index (χ4v) is 2.94. The van der Waals surface area contributed by atoms with E-state index in [1.54, 1.807) is 13.4 Å². The minimum atomic E-state index is 0. The van der Waals surface area contributed by atoms with Gasteiger partial charge in [0.25, 0.3) is 0 Å². The van der Waals surface area contributed by atoms with Gasteiger partial charge in [-0.2, -0.15) is 0 Å². The van der Waals surface area contributed by atoms with Gasteiger partial charge in [0.15, 0.2) is 0 Å². The molecule has 2 atom stereocenters.